The van der Waals surface area contributed by atoms with Gasteiger partial charge < -0.3 is 9.73 Å². The van der Waals surface area contributed by atoms with Gasteiger partial charge in [-0.25, -0.2) is 8.42 Å². The molecule has 1 N–H and O–H groups in total. The molecule has 7 nitrogen and oxygen atoms in total. The summed E-state index contributed by atoms with van der Waals surface area (Å²) >= 11 is 0. The lowest BCUT2D eigenvalue weighted by Gasteiger charge is -2.22. The van der Waals surface area contributed by atoms with Crippen LogP contribution in [0.15, 0.2) is 76.2 Å². The van der Waals surface area contributed by atoms with Crippen molar-refractivity contribution in [1.29, 1.82) is 0 Å². The summed E-state index contributed by atoms with van der Waals surface area (Å²) < 4.78 is 33.4. The Hall–Kier alpha value is -3.23. The van der Waals surface area contributed by atoms with E-state index < -0.39 is 10.0 Å². The number of hydrogen-bond acceptors (Lipinski definition) is 5. The molecule has 160 valence electrons. The van der Waals surface area contributed by atoms with Gasteiger partial charge in [-0.3, -0.25) is 9.59 Å². The van der Waals surface area contributed by atoms with Crippen LogP contribution in [-0.2, 0) is 23.1 Å². The number of rotatable bonds is 9. The van der Waals surface area contributed by atoms with Crippen LogP contribution in [0.5, 0.6) is 0 Å². The van der Waals surface area contributed by atoms with E-state index in [-0.39, 0.29) is 35.5 Å². The molecule has 0 bridgehead atoms. The van der Waals surface area contributed by atoms with E-state index in [2.05, 4.69) is 5.32 Å². The van der Waals surface area contributed by atoms with Crippen LogP contribution in [0.3, 0.4) is 0 Å². The summed E-state index contributed by atoms with van der Waals surface area (Å²) in [5.74, 6) is 0.349. The third-order valence-electron chi connectivity index (χ3n) is 5.06. The van der Waals surface area contributed by atoms with Crippen LogP contribution in [0.1, 0.15) is 44.9 Å². The Morgan fingerprint density at radius 3 is 2.42 bits per heavy atom. The molecule has 8 heteroatoms. The predicted molar refractivity (Wildman–Crippen MR) is 114 cm³/mol. The Morgan fingerprint density at radius 1 is 1.03 bits per heavy atom. The van der Waals surface area contributed by atoms with Crippen molar-refractivity contribution in [2.75, 3.05) is 0 Å². The van der Waals surface area contributed by atoms with Crippen molar-refractivity contribution in [3.63, 3.8) is 0 Å². The highest BCUT2D eigenvalue weighted by molar-refractivity contribution is 7.89. The number of furan rings is 1. The van der Waals surface area contributed by atoms with Crippen LogP contribution in [0.25, 0.3) is 0 Å². The maximum atomic E-state index is 13.4. The van der Waals surface area contributed by atoms with Crippen LogP contribution in [-0.4, -0.2) is 31.0 Å². The van der Waals surface area contributed by atoms with Crippen LogP contribution in [0.4, 0.5) is 0 Å². The molecule has 1 aromatic heterocycles. The highest BCUT2D eigenvalue weighted by Crippen LogP contribution is 2.24. The van der Waals surface area contributed by atoms with E-state index in [0.29, 0.717) is 23.2 Å². The third-order valence-corrected chi connectivity index (χ3v) is 6.93. The molecule has 0 saturated heterocycles. The van der Waals surface area contributed by atoms with Crippen molar-refractivity contribution < 1.29 is 22.4 Å². The number of nitrogens with zero attached hydrogens (tertiary/aromatic N) is 1. The summed E-state index contributed by atoms with van der Waals surface area (Å²) in [6, 6.07) is 16.6. The van der Waals surface area contributed by atoms with Crippen LogP contribution in [0.2, 0.25) is 0 Å². The fourth-order valence-electron chi connectivity index (χ4n) is 3.22. The first-order chi connectivity index (χ1) is 15.0. The summed E-state index contributed by atoms with van der Waals surface area (Å²) in [5.41, 5.74) is 1.34. The molecule has 1 amide bonds. The van der Waals surface area contributed by atoms with Gasteiger partial charge in [0.25, 0.3) is 5.91 Å². The first kappa shape index (κ1) is 21.0. The van der Waals surface area contributed by atoms with Crippen LogP contribution >= 0.6 is 0 Å². The van der Waals surface area contributed by atoms with Crippen molar-refractivity contribution in [3.8, 4) is 0 Å². The Labute approximate surface area is 180 Å². The number of amides is 1. The van der Waals surface area contributed by atoms with Gasteiger partial charge in [-0.2, -0.15) is 4.31 Å². The monoisotopic (exact) mass is 438 g/mol. The van der Waals surface area contributed by atoms with Crippen molar-refractivity contribution in [3.05, 3.63) is 89.4 Å². The SMILES string of the molecule is O=Cc1ccccc1S(=O)(=O)N(Cc1ccc(C(=O)NC2CC2)cc1)Cc1ccco1. The smallest absolute Gasteiger partial charge is 0.251 e. The highest BCUT2D eigenvalue weighted by Gasteiger charge is 2.28. The zero-order valence-electron chi connectivity index (χ0n) is 16.7. The van der Waals surface area contributed by atoms with Gasteiger partial charge in [0.05, 0.1) is 17.7 Å². The van der Waals surface area contributed by atoms with Crippen LogP contribution in [0, 0.1) is 0 Å². The minimum atomic E-state index is -3.99. The zero-order valence-corrected chi connectivity index (χ0v) is 17.5. The predicted octanol–water partition coefficient (Wildman–Crippen LogP) is 3.38. The van der Waals surface area contributed by atoms with E-state index in [9.17, 15) is 18.0 Å². The molecule has 1 aliphatic carbocycles. The van der Waals surface area contributed by atoms with E-state index in [1.165, 1.54) is 22.7 Å². The molecule has 1 saturated carbocycles. The largest absolute Gasteiger partial charge is 0.468 e. The first-order valence-electron chi connectivity index (χ1n) is 9.94. The molecule has 0 aliphatic heterocycles. The topological polar surface area (TPSA) is 96.7 Å². The quantitative estimate of drug-likeness (QED) is 0.517. The van der Waals surface area contributed by atoms with E-state index >= 15 is 0 Å². The number of carbonyl (C=O) groups excluding carboxylic acids is 2. The number of hydrogen-bond donors (Lipinski definition) is 1. The fourth-order valence-corrected chi connectivity index (χ4v) is 4.77. The van der Waals surface area contributed by atoms with Crippen molar-refractivity contribution in [2.24, 2.45) is 0 Å². The molecule has 0 spiro atoms. The van der Waals surface area contributed by atoms with Gasteiger partial charge in [-0.15, -0.1) is 0 Å². The van der Waals surface area contributed by atoms with E-state index in [0.717, 1.165) is 12.8 Å². The number of aldehydes is 1. The van der Waals surface area contributed by atoms with Gasteiger partial charge in [0.1, 0.15) is 5.76 Å². The molecule has 0 radical (unpaired) electrons. The van der Waals surface area contributed by atoms with Gasteiger partial charge in [0, 0.05) is 23.7 Å². The van der Waals surface area contributed by atoms with Gasteiger partial charge in [0.15, 0.2) is 6.29 Å². The molecule has 0 unspecified atom stereocenters. The number of carbonyl (C=O) groups is 2. The average Bonchev–Trinajstić information content (AvgIpc) is 3.44. The fraction of sp³-hybridized carbons (Fsp3) is 0.217. The molecule has 3 aromatic rings. The molecule has 2 aromatic carbocycles. The van der Waals surface area contributed by atoms with Crippen molar-refractivity contribution >= 4 is 22.2 Å². The zero-order chi connectivity index (χ0) is 21.8. The van der Waals surface area contributed by atoms with Gasteiger partial charge >= 0.3 is 0 Å². The molecule has 31 heavy (non-hydrogen) atoms. The molecule has 0 atom stereocenters. The van der Waals surface area contributed by atoms with Crippen molar-refractivity contribution in [1.82, 2.24) is 9.62 Å². The first-order valence-corrected chi connectivity index (χ1v) is 11.4. The lowest BCUT2D eigenvalue weighted by atomic mass is 10.1. The minimum absolute atomic E-state index is 0.00639. The summed E-state index contributed by atoms with van der Waals surface area (Å²) in [5, 5.41) is 2.93. The summed E-state index contributed by atoms with van der Waals surface area (Å²) in [4.78, 5) is 23.5. The Morgan fingerprint density at radius 2 is 1.77 bits per heavy atom. The second kappa shape index (κ2) is 8.87. The summed E-state index contributed by atoms with van der Waals surface area (Å²) in [6.07, 6.45) is 4.02. The Bertz CT molecular complexity index is 1170. The standard InChI is InChI=1S/C23H22N2O5S/c26-16-19-4-1-2-6-22(19)31(28,29)25(15-21-5-3-13-30-21)14-17-7-9-18(10-8-17)23(27)24-20-11-12-20/h1-10,13,16,20H,11-12,14-15H2,(H,24,27). The summed E-state index contributed by atoms with van der Waals surface area (Å²) in [7, 11) is -3.99. The molecular weight excluding hydrogens is 416 g/mol. The second-order valence-electron chi connectivity index (χ2n) is 7.45. The van der Waals surface area contributed by atoms with E-state index in [1.807, 2.05) is 0 Å². The highest BCUT2D eigenvalue weighted by atomic mass is 32.2. The third kappa shape index (κ3) is 4.92. The van der Waals surface area contributed by atoms with Crippen molar-refractivity contribution in [2.45, 2.75) is 36.9 Å². The molecule has 1 aliphatic rings. The van der Waals surface area contributed by atoms with Gasteiger partial charge in [-0.05, 0) is 48.7 Å². The number of sulfonamides is 1. The lowest BCUT2D eigenvalue weighted by molar-refractivity contribution is 0.0950. The number of nitrogens with one attached hydrogen (secondary N) is 1. The second-order valence-corrected chi connectivity index (χ2v) is 9.36. The number of benzene rings is 2. The summed E-state index contributed by atoms with van der Waals surface area (Å²) in [6.45, 7) is 0.0627. The van der Waals surface area contributed by atoms with Gasteiger partial charge in [-0.1, -0.05) is 30.3 Å². The Kier molecular flexibility index (Phi) is 6.01. The molecular formula is C23H22N2O5S. The molecule has 4 rings (SSSR count). The normalized spacial score (nSPS) is 13.8. The molecule has 1 fully saturated rings. The average molecular weight is 439 g/mol. The Balaban J connectivity index is 1.60. The minimum Gasteiger partial charge on any atom is -0.468 e. The van der Waals surface area contributed by atoms with Crippen LogP contribution < -0.4 is 5.32 Å². The van der Waals surface area contributed by atoms with Gasteiger partial charge in [0.2, 0.25) is 10.0 Å². The lowest BCUT2D eigenvalue weighted by Crippen LogP contribution is -2.31. The van der Waals surface area contributed by atoms with E-state index in [1.54, 1.807) is 48.5 Å². The van der Waals surface area contributed by atoms with E-state index in [4.69, 9.17) is 4.42 Å². The maximum absolute atomic E-state index is 13.4. The maximum Gasteiger partial charge on any atom is 0.251 e. The molecule has 1 heterocycles.